The Morgan fingerprint density at radius 3 is 2.54 bits per heavy atom. The van der Waals surface area contributed by atoms with Crippen LogP contribution in [0.15, 0.2) is 18.2 Å². The minimum absolute atomic E-state index is 0.0938. The minimum Gasteiger partial charge on any atom is -0.485 e. The van der Waals surface area contributed by atoms with E-state index in [2.05, 4.69) is 6.92 Å². The number of aliphatic hydroxyl groups excluding tert-OH is 1. The maximum Gasteiger partial charge on any atom is 0.335 e. The molecule has 1 aliphatic carbocycles. The lowest BCUT2D eigenvalue weighted by atomic mass is 9.58. The minimum atomic E-state index is -1.12. The fourth-order valence-corrected chi connectivity index (χ4v) is 4.43. The molecule has 0 saturated heterocycles. The first-order valence-electron chi connectivity index (χ1n) is 8.77. The van der Waals surface area contributed by atoms with E-state index in [4.69, 9.17) is 9.84 Å². The van der Waals surface area contributed by atoms with Gasteiger partial charge in [0.1, 0.15) is 11.4 Å². The molecule has 3 N–H and O–H groups in total. The van der Waals surface area contributed by atoms with Crippen molar-refractivity contribution in [1.29, 1.82) is 0 Å². The van der Waals surface area contributed by atoms with E-state index < -0.39 is 29.1 Å². The summed E-state index contributed by atoms with van der Waals surface area (Å²) < 4.78 is 6.43. The maximum absolute atomic E-state index is 11.5. The van der Waals surface area contributed by atoms with Crippen molar-refractivity contribution in [2.75, 3.05) is 0 Å². The molecule has 1 spiro atoms. The zero-order chi connectivity index (χ0) is 19.3. The van der Waals surface area contributed by atoms with Crippen LogP contribution < -0.4 is 4.74 Å². The van der Waals surface area contributed by atoms with Gasteiger partial charge in [-0.3, -0.25) is 0 Å². The molecule has 1 fully saturated rings. The summed E-state index contributed by atoms with van der Waals surface area (Å²) in [6.45, 7) is 6.04. The third kappa shape index (κ3) is 2.69. The summed E-state index contributed by atoms with van der Waals surface area (Å²) in [5.41, 5.74) is 0.0824. The molecule has 1 heterocycles. The molecule has 3 atom stereocenters. The molecule has 3 rings (SSSR count). The van der Waals surface area contributed by atoms with Crippen LogP contribution in [0.4, 0.5) is 0 Å². The second-order valence-corrected chi connectivity index (χ2v) is 7.91. The lowest BCUT2D eigenvalue weighted by Crippen LogP contribution is -2.61. The topological polar surface area (TPSA) is 104 Å². The summed E-state index contributed by atoms with van der Waals surface area (Å²) in [4.78, 5) is 22.4. The average molecular weight is 360 g/mol. The zero-order valence-electron chi connectivity index (χ0n) is 15.2. The van der Waals surface area contributed by atoms with Crippen LogP contribution in [-0.4, -0.2) is 39.0 Å². The van der Waals surface area contributed by atoms with E-state index >= 15 is 0 Å². The van der Waals surface area contributed by atoms with E-state index in [-0.39, 0.29) is 11.5 Å². The highest BCUT2D eigenvalue weighted by Crippen LogP contribution is 2.56. The van der Waals surface area contributed by atoms with Gasteiger partial charge in [0.25, 0.3) is 0 Å². The zero-order valence-corrected chi connectivity index (χ0v) is 15.2. The van der Waals surface area contributed by atoms with Crippen molar-refractivity contribution in [3.05, 3.63) is 34.9 Å². The Morgan fingerprint density at radius 1 is 1.23 bits per heavy atom. The predicted molar refractivity (Wildman–Crippen MR) is 95.3 cm³/mol. The molecule has 0 unspecified atom stereocenters. The third-order valence-corrected chi connectivity index (χ3v) is 6.18. The number of aromatic carboxylic acids is 1. The van der Waals surface area contributed by atoms with Crippen molar-refractivity contribution in [3.63, 3.8) is 0 Å². The Labute approximate surface area is 152 Å². The van der Waals surface area contributed by atoms with Gasteiger partial charge in [-0.2, -0.15) is 0 Å². The number of carboxylic acids is 2. The molecule has 1 aliphatic heterocycles. The quantitative estimate of drug-likeness (QED) is 0.716. The standard InChI is InChI=1S/C20H24O6/c1-11-4-6-15(21)19(2,3)20(11)10-14-9-13(18(24)25)8-12(17(14)26-20)5-7-16(22)23/h5,7-9,11,15,21H,4,6,10H2,1-3H3,(H,22,23)(H,24,25)/b7-5+/t11-,15+,20+/m1/s1. The summed E-state index contributed by atoms with van der Waals surface area (Å²) in [5, 5.41) is 28.9. The van der Waals surface area contributed by atoms with Crippen molar-refractivity contribution < 1.29 is 29.6 Å². The van der Waals surface area contributed by atoms with Crippen molar-refractivity contribution in [2.24, 2.45) is 11.3 Å². The fraction of sp³-hybridized carbons (Fsp3) is 0.500. The maximum atomic E-state index is 11.5. The van der Waals surface area contributed by atoms with Crippen molar-refractivity contribution in [1.82, 2.24) is 0 Å². The summed E-state index contributed by atoms with van der Waals surface area (Å²) >= 11 is 0. The van der Waals surface area contributed by atoms with E-state index in [1.54, 1.807) is 6.07 Å². The number of ether oxygens (including phenoxy) is 1. The molecular weight excluding hydrogens is 336 g/mol. The van der Waals surface area contributed by atoms with E-state index in [1.807, 2.05) is 13.8 Å². The first-order chi connectivity index (χ1) is 12.1. The predicted octanol–water partition coefficient (Wildman–Crippen LogP) is 2.97. The number of aliphatic carboxylic acids is 1. The summed E-state index contributed by atoms with van der Waals surface area (Å²) in [7, 11) is 0. The smallest absolute Gasteiger partial charge is 0.335 e. The highest BCUT2D eigenvalue weighted by Gasteiger charge is 2.60. The molecular formula is C20H24O6. The van der Waals surface area contributed by atoms with Crippen LogP contribution in [0.2, 0.25) is 0 Å². The van der Waals surface area contributed by atoms with Crippen LogP contribution in [0.5, 0.6) is 5.75 Å². The number of hydrogen-bond acceptors (Lipinski definition) is 4. The van der Waals surface area contributed by atoms with Gasteiger partial charge in [0.05, 0.1) is 11.7 Å². The van der Waals surface area contributed by atoms with Gasteiger partial charge in [0.2, 0.25) is 0 Å². The molecule has 1 aromatic rings. The molecule has 1 aromatic carbocycles. The molecule has 1 saturated carbocycles. The van der Waals surface area contributed by atoms with Gasteiger partial charge < -0.3 is 20.1 Å². The Hall–Kier alpha value is -2.34. The molecule has 0 radical (unpaired) electrons. The largest absolute Gasteiger partial charge is 0.485 e. The highest BCUT2D eigenvalue weighted by atomic mass is 16.5. The van der Waals surface area contributed by atoms with Crippen LogP contribution >= 0.6 is 0 Å². The van der Waals surface area contributed by atoms with E-state index in [0.29, 0.717) is 24.2 Å². The second-order valence-electron chi connectivity index (χ2n) is 7.91. The van der Waals surface area contributed by atoms with Gasteiger partial charge >= 0.3 is 11.9 Å². The molecule has 6 nitrogen and oxygen atoms in total. The number of carboxylic acid groups (broad SMARTS) is 2. The number of aliphatic hydroxyl groups is 1. The monoisotopic (exact) mass is 360 g/mol. The number of hydrogen-bond donors (Lipinski definition) is 3. The van der Waals surface area contributed by atoms with Gasteiger partial charge in [0, 0.05) is 23.5 Å². The summed E-state index contributed by atoms with van der Waals surface area (Å²) in [6.07, 6.45) is 3.81. The lowest BCUT2D eigenvalue weighted by Gasteiger charge is -2.53. The molecule has 0 amide bonds. The summed E-state index contributed by atoms with van der Waals surface area (Å²) in [6, 6.07) is 3.02. The number of benzene rings is 1. The Kier molecular flexibility index (Phi) is 4.35. The first kappa shape index (κ1) is 18.5. The molecule has 26 heavy (non-hydrogen) atoms. The van der Waals surface area contributed by atoms with Crippen molar-refractivity contribution in [2.45, 2.75) is 51.7 Å². The molecule has 0 bridgehead atoms. The van der Waals surface area contributed by atoms with Crippen LogP contribution in [0.1, 0.15) is 55.1 Å². The normalized spacial score (nSPS) is 29.5. The van der Waals surface area contributed by atoms with Gasteiger partial charge in [-0.15, -0.1) is 0 Å². The van der Waals surface area contributed by atoms with Gasteiger partial charge in [-0.05, 0) is 42.5 Å². The van der Waals surface area contributed by atoms with Crippen molar-refractivity contribution in [3.8, 4) is 5.75 Å². The highest BCUT2D eigenvalue weighted by molar-refractivity contribution is 5.91. The number of carbonyl (C=O) groups is 2. The first-order valence-corrected chi connectivity index (χ1v) is 8.77. The van der Waals surface area contributed by atoms with E-state index in [1.165, 1.54) is 12.1 Å². The SMILES string of the molecule is C[C@@H]1CC[C@H](O)C(C)(C)[C@]12Cc1cc(C(=O)O)cc(/C=C/C(=O)O)c1O2. The summed E-state index contributed by atoms with van der Waals surface area (Å²) in [5.74, 6) is -1.51. The average Bonchev–Trinajstić information content (AvgIpc) is 2.96. The van der Waals surface area contributed by atoms with Crippen LogP contribution in [0, 0.1) is 11.3 Å². The van der Waals surface area contributed by atoms with E-state index in [9.17, 15) is 19.8 Å². The third-order valence-electron chi connectivity index (χ3n) is 6.18. The van der Waals surface area contributed by atoms with Gasteiger partial charge in [-0.25, -0.2) is 9.59 Å². The van der Waals surface area contributed by atoms with Crippen LogP contribution in [0.25, 0.3) is 6.08 Å². The van der Waals surface area contributed by atoms with Gasteiger partial charge in [-0.1, -0.05) is 20.8 Å². The molecule has 140 valence electrons. The fourth-order valence-electron chi connectivity index (χ4n) is 4.43. The van der Waals surface area contributed by atoms with Crippen LogP contribution in [0.3, 0.4) is 0 Å². The number of rotatable bonds is 3. The molecule has 2 aliphatic rings. The van der Waals surface area contributed by atoms with Crippen molar-refractivity contribution >= 4 is 18.0 Å². The van der Waals surface area contributed by atoms with Gasteiger partial charge in [0.15, 0.2) is 0 Å². The Morgan fingerprint density at radius 2 is 1.92 bits per heavy atom. The van der Waals surface area contributed by atoms with E-state index in [0.717, 1.165) is 18.1 Å². The Bertz CT molecular complexity index is 794. The number of fused-ring (bicyclic) bond motifs is 1. The molecule has 6 heteroatoms. The Balaban J connectivity index is 2.13. The van der Waals surface area contributed by atoms with Crippen LogP contribution in [-0.2, 0) is 11.2 Å². The molecule has 0 aromatic heterocycles. The second kappa shape index (κ2) is 6.13. The lowest BCUT2D eigenvalue weighted by molar-refractivity contribution is -0.156.